The first-order valence-corrected chi connectivity index (χ1v) is 8.78. The number of carboxylic acid groups (broad SMARTS) is 1. The van der Waals surface area contributed by atoms with Gasteiger partial charge in [-0.05, 0) is 30.1 Å². The zero-order valence-corrected chi connectivity index (χ0v) is 13.0. The van der Waals surface area contributed by atoms with Crippen LogP contribution in [0, 0.1) is 17.6 Å². The third-order valence-electron chi connectivity index (χ3n) is 2.63. The summed E-state index contributed by atoms with van der Waals surface area (Å²) in [6, 6.07) is 1.32. The number of rotatable bonds is 7. The molecule has 5 nitrogen and oxygen atoms in total. The van der Waals surface area contributed by atoms with Crippen LogP contribution in [0.5, 0.6) is 0 Å². The molecule has 0 heterocycles. The minimum Gasteiger partial charge on any atom is -0.477 e. The SMILES string of the molecule is CSCC(C)CNS(=O)(=O)c1ccc(F)c(C(=O)O)c1F. The minimum absolute atomic E-state index is 0.0113. The van der Waals surface area contributed by atoms with E-state index < -0.39 is 38.1 Å². The smallest absolute Gasteiger partial charge is 0.341 e. The Morgan fingerprint density at radius 3 is 2.57 bits per heavy atom. The van der Waals surface area contributed by atoms with Gasteiger partial charge in [-0.1, -0.05) is 6.92 Å². The first-order valence-electron chi connectivity index (χ1n) is 5.90. The molecule has 0 saturated heterocycles. The topological polar surface area (TPSA) is 83.5 Å². The summed E-state index contributed by atoms with van der Waals surface area (Å²) in [4.78, 5) is 9.90. The van der Waals surface area contributed by atoms with Gasteiger partial charge in [-0.2, -0.15) is 11.8 Å². The Labute approximate surface area is 125 Å². The van der Waals surface area contributed by atoms with Gasteiger partial charge in [-0.3, -0.25) is 0 Å². The van der Waals surface area contributed by atoms with Crippen LogP contribution in [0.15, 0.2) is 17.0 Å². The average Bonchev–Trinajstić information content (AvgIpc) is 2.36. The van der Waals surface area contributed by atoms with Crippen molar-refractivity contribution in [3.8, 4) is 0 Å². The molecule has 9 heteroatoms. The summed E-state index contributed by atoms with van der Waals surface area (Å²) in [5, 5.41) is 8.73. The van der Waals surface area contributed by atoms with Crippen molar-refractivity contribution < 1.29 is 27.1 Å². The molecule has 0 aromatic heterocycles. The highest BCUT2D eigenvalue weighted by Gasteiger charge is 2.27. The number of hydrogen-bond acceptors (Lipinski definition) is 4. The second-order valence-corrected chi connectivity index (χ2v) is 7.10. The van der Waals surface area contributed by atoms with Crippen molar-refractivity contribution >= 4 is 27.8 Å². The van der Waals surface area contributed by atoms with Crippen molar-refractivity contribution in [3.63, 3.8) is 0 Å². The third-order valence-corrected chi connectivity index (χ3v) is 4.98. The van der Waals surface area contributed by atoms with E-state index in [4.69, 9.17) is 5.11 Å². The Morgan fingerprint density at radius 1 is 1.43 bits per heavy atom. The summed E-state index contributed by atoms with van der Waals surface area (Å²) >= 11 is 1.53. The molecule has 1 aromatic rings. The van der Waals surface area contributed by atoms with E-state index >= 15 is 0 Å². The number of aromatic carboxylic acids is 1. The van der Waals surface area contributed by atoms with Crippen molar-refractivity contribution in [2.45, 2.75) is 11.8 Å². The van der Waals surface area contributed by atoms with E-state index in [0.717, 1.165) is 0 Å². The lowest BCUT2D eigenvalue weighted by atomic mass is 10.2. The molecular formula is C12H15F2NO4S2. The van der Waals surface area contributed by atoms with Crippen molar-refractivity contribution in [1.29, 1.82) is 0 Å². The van der Waals surface area contributed by atoms with Gasteiger partial charge < -0.3 is 5.11 Å². The molecule has 0 saturated carbocycles. The average molecular weight is 339 g/mol. The molecule has 0 bridgehead atoms. The number of carbonyl (C=O) groups is 1. The minimum atomic E-state index is -4.24. The molecule has 2 N–H and O–H groups in total. The first-order chi connectivity index (χ1) is 9.70. The molecule has 1 atom stereocenters. The third kappa shape index (κ3) is 4.39. The van der Waals surface area contributed by atoms with Crippen molar-refractivity contribution in [2.75, 3.05) is 18.6 Å². The maximum Gasteiger partial charge on any atom is 0.341 e. The molecule has 0 aliphatic carbocycles. The molecule has 118 valence electrons. The van der Waals surface area contributed by atoms with Crippen LogP contribution in [0.4, 0.5) is 8.78 Å². The molecule has 0 aliphatic heterocycles. The number of hydrogen-bond donors (Lipinski definition) is 2. The molecule has 0 spiro atoms. The lowest BCUT2D eigenvalue weighted by molar-refractivity contribution is 0.0685. The zero-order valence-electron chi connectivity index (χ0n) is 11.4. The Morgan fingerprint density at radius 2 is 2.05 bits per heavy atom. The van der Waals surface area contributed by atoms with Gasteiger partial charge >= 0.3 is 5.97 Å². The van der Waals surface area contributed by atoms with Gasteiger partial charge in [-0.25, -0.2) is 26.7 Å². The molecule has 0 aliphatic rings. The standard InChI is InChI=1S/C12H15F2NO4S2/c1-7(6-20-2)5-15-21(18,19)9-4-3-8(13)10(11(9)14)12(16)17/h3-4,7,15H,5-6H2,1-2H3,(H,16,17). The highest BCUT2D eigenvalue weighted by atomic mass is 32.2. The fourth-order valence-electron chi connectivity index (χ4n) is 1.61. The summed E-state index contributed by atoms with van der Waals surface area (Å²) < 4.78 is 53.3. The molecule has 1 rings (SSSR count). The van der Waals surface area contributed by atoms with Gasteiger partial charge in [0.2, 0.25) is 10.0 Å². The summed E-state index contributed by atoms with van der Waals surface area (Å²) in [6.07, 6.45) is 1.86. The van der Waals surface area contributed by atoms with Crippen LogP contribution in [0.1, 0.15) is 17.3 Å². The number of sulfonamides is 1. The van der Waals surface area contributed by atoms with Gasteiger partial charge in [0, 0.05) is 6.54 Å². The maximum absolute atomic E-state index is 13.9. The molecule has 21 heavy (non-hydrogen) atoms. The zero-order chi connectivity index (χ0) is 16.2. The second-order valence-electron chi connectivity index (χ2n) is 4.45. The molecule has 1 aromatic carbocycles. The predicted molar refractivity (Wildman–Crippen MR) is 76.1 cm³/mol. The van der Waals surface area contributed by atoms with E-state index in [1.54, 1.807) is 0 Å². The van der Waals surface area contributed by atoms with E-state index in [-0.39, 0.29) is 12.5 Å². The monoisotopic (exact) mass is 339 g/mol. The van der Waals surface area contributed by atoms with Crippen molar-refractivity contribution in [2.24, 2.45) is 5.92 Å². The Bertz CT molecular complexity index is 634. The number of halogens is 2. The second kappa shape index (κ2) is 7.19. The van der Waals surface area contributed by atoms with Crippen LogP contribution >= 0.6 is 11.8 Å². The van der Waals surface area contributed by atoms with Gasteiger partial charge in [0.05, 0.1) is 0 Å². The van der Waals surface area contributed by atoms with Crippen LogP contribution in [-0.4, -0.2) is 38.0 Å². The number of benzene rings is 1. The van der Waals surface area contributed by atoms with E-state index in [9.17, 15) is 22.0 Å². The first kappa shape index (κ1) is 17.9. The van der Waals surface area contributed by atoms with E-state index in [2.05, 4.69) is 4.72 Å². The lowest BCUT2D eigenvalue weighted by Crippen LogP contribution is -2.30. The molecular weight excluding hydrogens is 324 g/mol. The fourth-order valence-corrected chi connectivity index (χ4v) is 3.54. The number of nitrogens with one attached hydrogen (secondary N) is 1. The number of carboxylic acids is 1. The number of thioether (sulfide) groups is 1. The summed E-state index contributed by atoms with van der Waals surface area (Å²) in [7, 11) is -4.24. The van der Waals surface area contributed by atoms with Crippen LogP contribution < -0.4 is 4.72 Å². The fraction of sp³-hybridized carbons (Fsp3) is 0.417. The van der Waals surface area contributed by atoms with Crippen LogP contribution in [0.25, 0.3) is 0 Å². The quantitative estimate of drug-likeness (QED) is 0.793. The Hall–Kier alpha value is -1.19. The molecule has 0 fully saturated rings. The summed E-state index contributed by atoms with van der Waals surface area (Å²) in [5.74, 6) is -4.08. The van der Waals surface area contributed by atoms with Gasteiger partial charge in [-0.15, -0.1) is 0 Å². The Balaban J connectivity index is 3.10. The van der Waals surface area contributed by atoms with Crippen molar-refractivity contribution in [3.05, 3.63) is 29.3 Å². The maximum atomic E-state index is 13.9. The highest BCUT2D eigenvalue weighted by molar-refractivity contribution is 7.98. The molecule has 1 unspecified atom stereocenters. The Kier molecular flexibility index (Phi) is 6.11. The highest BCUT2D eigenvalue weighted by Crippen LogP contribution is 2.21. The van der Waals surface area contributed by atoms with Crippen molar-refractivity contribution in [1.82, 2.24) is 4.72 Å². The normalized spacial score (nSPS) is 13.1. The van der Waals surface area contributed by atoms with Crippen LogP contribution in [-0.2, 0) is 10.0 Å². The van der Waals surface area contributed by atoms with Gasteiger partial charge in [0.15, 0.2) is 5.82 Å². The lowest BCUT2D eigenvalue weighted by Gasteiger charge is -2.13. The molecule has 0 amide bonds. The summed E-state index contributed by atoms with van der Waals surface area (Å²) in [6.45, 7) is 1.88. The van der Waals surface area contributed by atoms with E-state index in [1.165, 1.54) is 11.8 Å². The molecule has 0 radical (unpaired) electrons. The predicted octanol–water partition coefficient (Wildman–Crippen LogP) is 1.94. The van der Waals surface area contributed by atoms with Crippen LogP contribution in [0.3, 0.4) is 0 Å². The largest absolute Gasteiger partial charge is 0.477 e. The van der Waals surface area contributed by atoms with E-state index in [0.29, 0.717) is 17.9 Å². The van der Waals surface area contributed by atoms with E-state index in [1.807, 2.05) is 13.2 Å². The van der Waals surface area contributed by atoms with Crippen LogP contribution in [0.2, 0.25) is 0 Å². The summed E-state index contributed by atoms with van der Waals surface area (Å²) in [5.41, 5.74) is -1.28. The van der Waals surface area contributed by atoms with Gasteiger partial charge in [0.25, 0.3) is 0 Å². The van der Waals surface area contributed by atoms with Gasteiger partial charge in [0.1, 0.15) is 16.3 Å².